The van der Waals surface area contributed by atoms with Crippen molar-refractivity contribution in [2.45, 2.75) is 32.4 Å². The van der Waals surface area contributed by atoms with Gasteiger partial charge in [0, 0.05) is 16.8 Å². The monoisotopic (exact) mass is 285 g/mol. The number of aromatic hydroxyl groups is 1. The lowest BCUT2D eigenvalue weighted by atomic mass is 9.64. The number of aliphatic hydroxyl groups excluding tert-OH is 1. The third kappa shape index (κ3) is 2.16. The van der Waals surface area contributed by atoms with Crippen molar-refractivity contribution >= 4 is 16.7 Å². The molecule has 21 heavy (non-hydrogen) atoms. The first-order valence-electron chi connectivity index (χ1n) is 7.11. The van der Waals surface area contributed by atoms with Gasteiger partial charge in [0.1, 0.15) is 5.75 Å². The molecule has 1 fully saturated rings. The summed E-state index contributed by atoms with van der Waals surface area (Å²) in [5.74, 6) is -0.300. The Bertz CT molecular complexity index is 708. The zero-order valence-corrected chi connectivity index (χ0v) is 12.1. The van der Waals surface area contributed by atoms with Gasteiger partial charge < -0.3 is 15.5 Å². The summed E-state index contributed by atoms with van der Waals surface area (Å²) in [6.07, 6.45) is 0.153. The van der Waals surface area contributed by atoms with E-state index in [1.807, 2.05) is 38.1 Å². The number of amides is 1. The van der Waals surface area contributed by atoms with Crippen LogP contribution in [-0.4, -0.2) is 28.3 Å². The van der Waals surface area contributed by atoms with Gasteiger partial charge in [0.15, 0.2) is 0 Å². The molecule has 4 heteroatoms. The van der Waals surface area contributed by atoms with Crippen molar-refractivity contribution in [1.29, 1.82) is 0 Å². The summed E-state index contributed by atoms with van der Waals surface area (Å²) in [4.78, 5) is 12.4. The summed E-state index contributed by atoms with van der Waals surface area (Å²) in [6.45, 7) is 3.85. The molecule has 0 aliphatic heterocycles. The summed E-state index contributed by atoms with van der Waals surface area (Å²) in [5.41, 5.74) is -0.0619. The van der Waals surface area contributed by atoms with Crippen LogP contribution >= 0.6 is 0 Å². The second kappa shape index (κ2) is 4.74. The highest BCUT2D eigenvalue weighted by atomic mass is 16.3. The molecular formula is C17H19NO3. The van der Waals surface area contributed by atoms with Crippen LogP contribution < -0.4 is 5.32 Å². The Morgan fingerprint density at radius 1 is 1.24 bits per heavy atom. The molecule has 1 amide bonds. The molecule has 3 rings (SSSR count). The molecule has 0 aromatic heterocycles. The van der Waals surface area contributed by atoms with Gasteiger partial charge in [0.25, 0.3) is 5.91 Å². The number of phenolic OH excluding ortho intramolecular Hbond substituents is 1. The first kappa shape index (κ1) is 13.9. The Hall–Kier alpha value is -2.07. The number of carbonyl (C=O) groups is 1. The number of phenols is 1. The van der Waals surface area contributed by atoms with Crippen molar-refractivity contribution in [2.75, 3.05) is 0 Å². The third-order valence-electron chi connectivity index (χ3n) is 4.67. The molecule has 1 aliphatic carbocycles. The lowest BCUT2D eigenvalue weighted by molar-refractivity contribution is -0.0689. The molecule has 110 valence electrons. The SMILES string of the molecule is CC1(C)C(O)CC1NC(=O)c1ccc2ccccc2c1O. The average Bonchev–Trinajstić information content (AvgIpc) is 2.47. The molecule has 2 aromatic carbocycles. The fourth-order valence-corrected chi connectivity index (χ4v) is 2.82. The maximum absolute atomic E-state index is 12.4. The van der Waals surface area contributed by atoms with E-state index in [2.05, 4.69) is 5.32 Å². The predicted molar refractivity (Wildman–Crippen MR) is 81.3 cm³/mol. The molecule has 1 aliphatic rings. The van der Waals surface area contributed by atoms with E-state index in [1.54, 1.807) is 12.1 Å². The Balaban J connectivity index is 1.87. The Labute approximate surface area is 123 Å². The molecule has 2 unspecified atom stereocenters. The van der Waals surface area contributed by atoms with Crippen LogP contribution in [0.25, 0.3) is 10.8 Å². The third-order valence-corrected chi connectivity index (χ3v) is 4.67. The second-order valence-electron chi connectivity index (χ2n) is 6.28. The van der Waals surface area contributed by atoms with Crippen LogP contribution in [0.15, 0.2) is 36.4 Å². The minimum Gasteiger partial charge on any atom is -0.506 e. The van der Waals surface area contributed by atoms with Gasteiger partial charge in [-0.15, -0.1) is 0 Å². The summed E-state index contributed by atoms with van der Waals surface area (Å²) in [6, 6.07) is 10.8. The molecule has 0 heterocycles. The first-order valence-corrected chi connectivity index (χ1v) is 7.11. The van der Waals surface area contributed by atoms with Crippen molar-refractivity contribution in [3.05, 3.63) is 42.0 Å². The number of hydrogen-bond donors (Lipinski definition) is 3. The van der Waals surface area contributed by atoms with E-state index >= 15 is 0 Å². The van der Waals surface area contributed by atoms with E-state index in [0.29, 0.717) is 11.8 Å². The highest BCUT2D eigenvalue weighted by Crippen LogP contribution is 2.40. The standard InChI is InChI=1S/C17H19NO3/c1-17(2)13(9-14(17)19)18-16(21)12-8-7-10-5-3-4-6-11(10)15(12)20/h3-8,13-14,19-20H,9H2,1-2H3,(H,18,21). The van der Waals surface area contributed by atoms with Crippen LogP contribution in [0.4, 0.5) is 0 Å². The fourth-order valence-electron chi connectivity index (χ4n) is 2.82. The van der Waals surface area contributed by atoms with Gasteiger partial charge in [0.05, 0.1) is 11.7 Å². The Morgan fingerprint density at radius 2 is 1.95 bits per heavy atom. The second-order valence-corrected chi connectivity index (χ2v) is 6.28. The maximum Gasteiger partial charge on any atom is 0.255 e. The van der Waals surface area contributed by atoms with Crippen LogP contribution in [0.2, 0.25) is 0 Å². The van der Waals surface area contributed by atoms with E-state index < -0.39 is 6.10 Å². The van der Waals surface area contributed by atoms with E-state index in [9.17, 15) is 15.0 Å². The van der Waals surface area contributed by atoms with E-state index in [1.165, 1.54) is 0 Å². The highest BCUT2D eigenvalue weighted by molar-refractivity contribution is 6.03. The largest absolute Gasteiger partial charge is 0.506 e. The number of aliphatic hydroxyl groups is 1. The minimum absolute atomic E-state index is 0.00304. The molecule has 0 radical (unpaired) electrons. The number of rotatable bonds is 2. The average molecular weight is 285 g/mol. The van der Waals surface area contributed by atoms with Gasteiger partial charge in [-0.05, 0) is 17.9 Å². The van der Waals surface area contributed by atoms with Gasteiger partial charge in [0.2, 0.25) is 0 Å². The van der Waals surface area contributed by atoms with Crippen molar-refractivity contribution in [3.8, 4) is 5.75 Å². The normalized spacial score (nSPS) is 23.6. The summed E-state index contributed by atoms with van der Waals surface area (Å²) >= 11 is 0. The summed E-state index contributed by atoms with van der Waals surface area (Å²) in [5, 5.41) is 24.5. The Morgan fingerprint density at radius 3 is 2.62 bits per heavy atom. The molecule has 0 bridgehead atoms. The van der Waals surface area contributed by atoms with Gasteiger partial charge in [-0.25, -0.2) is 0 Å². The van der Waals surface area contributed by atoms with Crippen LogP contribution in [0, 0.1) is 5.41 Å². The first-order chi connectivity index (χ1) is 9.91. The smallest absolute Gasteiger partial charge is 0.255 e. The molecule has 4 nitrogen and oxygen atoms in total. The van der Waals surface area contributed by atoms with Crippen molar-refractivity contribution < 1.29 is 15.0 Å². The molecule has 2 aromatic rings. The van der Waals surface area contributed by atoms with Gasteiger partial charge in [-0.1, -0.05) is 44.2 Å². The maximum atomic E-state index is 12.4. The van der Waals surface area contributed by atoms with Crippen molar-refractivity contribution in [3.63, 3.8) is 0 Å². The lowest BCUT2D eigenvalue weighted by Crippen LogP contribution is -2.61. The fraction of sp³-hybridized carbons (Fsp3) is 0.353. The van der Waals surface area contributed by atoms with Gasteiger partial charge in [-0.3, -0.25) is 4.79 Å². The molecule has 2 atom stereocenters. The molecule has 0 spiro atoms. The number of nitrogens with one attached hydrogen (secondary N) is 1. The van der Waals surface area contributed by atoms with Crippen LogP contribution in [-0.2, 0) is 0 Å². The zero-order chi connectivity index (χ0) is 15.2. The van der Waals surface area contributed by atoms with E-state index in [-0.39, 0.29) is 28.7 Å². The van der Waals surface area contributed by atoms with Crippen LogP contribution in [0.3, 0.4) is 0 Å². The van der Waals surface area contributed by atoms with E-state index in [4.69, 9.17) is 0 Å². The Kier molecular flexibility index (Phi) is 3.14. The van der Waals surface area contributed by atoms with Gasteiger partial charge >= 0.3 is 0 Å². The summed E-state index contributed by atoms with van der Waals surface area (Å²) < 4.78 is 0. The topological polar surface area (TPSA) is 69.6 Å². The number of carbonyl (C=O) groups excluding carboxylic acids is 1. The highest BCUT2D eigenvalue weighted by Gasteiger charge is 2.48. The molecule has 1 saturated carbocycles. The molecule has 3 N–H and O–H groups in total. The molecule has 0 saturated heterocycles. The number of hydrogen-bond acceptors (Lipinski definition) is 3. The van der Waals surface area contributed by atoms with Crippen LogP contribution in [0.5, 0.6) is 5.75 Å². The van der Waals surface area contributed by atoms with Crippen molar-refractivity contribution in [2.24, 2.45) is 5.41 Å². The summed E-state index contributed by atoms with van der Waals surface area (Å²) in [7, 11) is 0. The number of benzene rings is 2. The quantitative estimate of drug-likeness (QED) is 0.793. The van der Waals surface area contributed by atoms with Crippen molar-refractivity contribution in [1.82, 2.24) is 5.32 Å². The minimum atomic E-state index is -0.395. The van der Waals surface area contributed by atoms with Crippen LogP contribution in [0.1, 0.15) is 30.6 Å². The zero-order valence-electron chi connectivity index (χ0n) is 12.1. The lowest BCUT2D eigenvalue weighted by Gasteiger charge is -2.49. The van der Waals surface area contributed by atoms with Gasteiger partial charge in [-0.2, -0.15) is 0 Å². The predicted octanol–water partition coefficient (Wildman–Crippen LogP) is 2.43. The number of fused-ring (bicyclic) bond motifs is 1. The molecular weight excluding hydrogens is 266 g/mol. The van der Waals surface area contributed by atoms with E-state index in [0.717, 1.165) is 5.39 Å².